The Labute approximate surface area is 169 Å². The minimum Gasteiger partial charge on any atom is -0.352 e. The van der Waals surface area contributed by atoms with Crippen LogP contribution in [0.3, 0.4) is 0 Å². The van der Waals surface area contributed by atoms with Crippen molar-refractivity contribution in [3.63, 3.8) is 0 Å². The molecule has 0 aliphatic carbocycles. The van der Waals surface area contributed by atoms with Crippen LogP contribution in [0.2, 0.25) is 0 Å². The number of hydrogen-bond acceptors (Lipinski definition) is 4. The number of hydrogen-bond donors (Lipinski definition) is 1. The molecule has 1 aliphatic heterocycles. The summed E-state index contributed by atoms with van der Waals surface area (Å²) in [6.45, 7) is 0.916. The molecule has 3 aromatic rings. The Kier molecular flexibility index (Phi) is 5.31. The van der Waals surface area contributed by atoms with E-state index in [1.54, 1.807) is 23.1 Å². The van der Waals surface area contributed by atoms with Crippen LogP contribution in [-0.4, -0.2) is 33.6 Å². The first kappa shape index (κ1) is 20.1. The van der Waals surface area contributed by atoms with Gasteiger partial charge in [-0.05, 0) is 31.0 Å². The van der Waals surface area contributed by atoms with Crippen molar-refractivity contribution in [3.8, 4) is 0 Å². The number of amides is 1. The van der Waals surface area contributed by atoms with E-state index in [2.05, 4.69) is 15.5 Å². The van der Waals surface area contributed by atoms with Crippen LogP contribution in [0.15, 0.2) is 42.6 Å². The van der Waals surface area contributed by atoms with Crippen LogP contribution in [0.4, 0.5) is 23.5 Å². The highest BCUT2D eigenvalue weighted by Gasteiger charge is 2.32. The molecule has 0 unspecified atom stereocenters. The molecule has 0 saturated carbocycles. The lowest BCUT2D eigenvalue weighted by molar-refractivity contribution is -0.137. The van der Waals surface area contributed by atoms with E-state index in [-0.39, 0.29) is 24.3 Å². The molecule has 6 nitrogen and oxygen atoms in total. The number of halogens is 4. The second kappa shape index (κ2) is 7.92. The van der Waals surface area contributed by atoms with Gasteiger partial charge in [0.25, 0.3) is 0 Å². The molecule has 1 fully saturated rings. The Hall–Kier alpha value is -3.17. The number of alkyl halides is 3. The Bertz CT molecular complexity index is 1060. The number of carbonyl (C=O) groups is 1. The molecule has 1 aliphatic rings. The molecule has 0 bridgehead atoms. The minimum absolute atomic E-state index is 0.0742. The zero-order chi connectivity index (χ0) is 21.3. The number of fused-ring (bicyclic) bond motifs is 1. The first-order chi connectivity index (χ1) is 14.3. The number of nitrogens with zero attached hydrogens (tertiary/aromatic N) is 4. The van der Waals surface area contributed by atoms with E-state index < -0.39 is 17.6 Å². The summed E-state index contributed by atoms with van der Waals surface area (Å²) in [6.07, 6.45) is -2.21. The van der Waals surface area contributed by atoms with Crippen LogP contribution >= 0.6 is 0 Å². The van der Waals surface area contributed by atoms with Gasteiger partial charge in [-0.3, -0.25) is 9.20 Å². The maximum Gasteiger partial charge on any atom is 0.417 e. The van der Waals surface area contributed by atoms with Gasteiger partial charge in [0.05, 0.1) is 11.5 Å². The van der Waals surface area contributed by atoms with E-state index >= 15 is 0 Å². The highest BCUT2D eigenvalue weighted by atomic mass is 19.4. The molecule has 1 atom stereocenters. The molecule has 3 heterocycles. The lowest BCUT2D eigenvalue weighted by Gasteiger charge is -2.32. The van der Waals surface area contributed by atoms with Gasteiger partial charge in [-0.15, -0.1) is 10.2 Å². The molecule has 0 spiro atoms. The minimum atomic E-state index is -4.48. The topological polar surface area (TPSA) is 62.5 Å². The number of nitrogens with one attached hydrogen (secondary N) is 1. The van der Waals surface area contributed by atoms with Gasteiger partial charge in [0.15, 0.2) is 5.65 Å². The molecule has 2 aromatic heterocycles. The zero-order valence-corrected chi connectivity index (χ0v) is 15.9. The molecule has 1 N–H and O–H groups in total. The largest absolute Gasteiger partial charge is 0.417 e. The van der Waals surface area contributed by atoms with E-state index in [1.807, 2.05) is 0 Å². The number of piperidine rings is 1. The fourth-order valence-electron chi connectivity index (χ4n) is 3.60. The van der Waals surface area contributed by atoms with Gasteiger partial charge in [-0.2, -0.15) is 13.2 Å². The quantitative estimate of drug-likeness (QED) is 0.656. The smallest absolute Gasteiger partial charge is 0.352 e. The third-order valence-corrected chi connectivity index (χ3v) is 5.20. The predicted molar refractivity (Wildman–Crippen MR) is 101 cm³/mol. The molecular weight excluding hydrogens is 402 g/mol. The highest BCUT2D eigenvalue weighted by molar-refractivity contribution is 5.79. The molecule has 1 saturated heterocycles. The van der Waals surface area contributed by atoms with Crippen molar-refractivity contribution in [1.29, 1.82) is 0 Å². The number of aromatic nitrogens is 3. The van der Waals surface area contributed by atoms with Crippen molar-refractivity contribution >= 4 is 17.5 Å². The second-order valence-corrected chi connectivity index (χ2v) is 7.24. The average molecular weight is 421 g/mol. The summed E-state index contributed by atoms with van der Waals surface area (Å²) in [7, 11) is 0. The highest BCUT2D eigenvalue weighted by Crippen LogP contribution is 2.30. The molecule has 4 rings (SSSR count). The Balaban J connectivity index is 1.48. The molecule has 158 valence electrons. The normalized spacial score (nSPS) is 17.3. The number of anilines is 1. The summed E-state index contributed by atoms with van der Waals surface area (Å²) in [5.41, 5.74) is -0.113. The van der Waals surface area contributed by atoms with Crippen molar-refractivity contribution in [3.05, 3.63) is 59.5 Å². The number of rotatable bonds is 4. The molecule has 0 radical (unpaired) electrons. The van der Waals surface area contributed by atoms with Gasteiger partial charge in [0.1, 0.15) is 5.82 Å². The standard InChI is InChI=1S/C20H19F4N5O/c21-16-6-2-1-4-13(16)10-25-18(30)14-5-3-9-28(11-14)19-27-26-17-8-7-15(12-29(17)19)20(22,23)24/h1-2,4,6-8,12,14H,3,5,9-11H2,(H,25,30)/t14-/m1/s1. The summed E-state index contributed by atoms with van der Waals surface area (Å²) >= 11 is 0. The van der Waals surface area contributed by atoms with Gasteiger partial charge in [0, 0.05) is 31.4 Å². The lowest BCUT2D eigenvalue weighted by atomic mass is 9.97. The Morgan fingerprint density at radius 1 is 1.17 bits per heavy atom. The van der Waals surface area contributed by atoms with Crippen molar-refractivity contribution < 1.29 is 22.4 Å². The first-order valence-electron chi connectivity index (χ1n) is 9.51. The van der Waals surface area contributed by atoms with Crippen LogP contribution in [0.1, 0.15) is 24.0 Å². The van der Waals surface area contributed by atoms with Gasteiger partial charge in [-0.1, -0.05) is 18.2 Å². The van der Waals surface area contributed by atoms with Gasteiger partial charge in [0.2, 0.25) is 11.9 Å². The third kappa shape index (κ3) is 4.07. The monoisotopic (exact) mass is 421 g/mol. The van der Waals surface area contributed by atoms with Crippen molar-refractivity contribution in [2.75, 3.05) is 18.0 Å². The summed E-state index contributed by atoms with van der Waals surface area (Å²) in [6, 6.07) is 8.43. The molecule has 30 heavy (non-hydrogen) atoms. The molecule has 1 amide bonds. The van der Waals surface area contributed by atoms with E-state index in [0.717, 1.165) is 12.3 Å². The molecule has 10 heteroatoms. The van der Waals surface area contributed by atoms with E-state index in [1.165, 1.54) is 16.5 Å². The van der Waals surface area contributed by atoms with E-state index in [0.29, 0.717) is 37.1 Å². The lowest BCUT2D eigenvalue weighted by Crippen LogP contribution is -2.43. The summed E-state index contributed by atoms with van der Waals surface area (Å²) in [4.78, 5) is 14.4. The Morgan fingerprint density at radius 3 is 2.73 bits per heavy atom. The number of benzene rings is 1. The maximum atomic E-state index is 13.7. The van der Waals surface area contributed by atoms with Crippen molar-refractivity contribution in [2.45, 2.75) is 25.6 Å². The van der Waals surface area contributed by atoms with Gasteiger partial charge < -0.3 is 10.2 Å². The van der Waals surface area contributed by atoms with E-state index in [4.69, 9.17) is 0 Å². The van der Waals surface area contributed by atoms with Crippen molar-refractivity contribution in [1.82, 2.24) is 19.9 Å². The van der Waals surface area contributed by atoms with Crippen LogP contribution in [0, 0.1) is 11.7 Å². The number of carbonyl (C=O) groups excluding carboxylic acids is 1. The fourth-order valence-corrected chi connectivity index (χ4v) is 3.60. The molecular formula is C20H19F4N5O. The Morgan fingerprint density at radius 2 is 1.97 bits per heavy atom. The second-order valence-electron chi connectivity index (χ2n) is 7.24. The summed E-state index contributed by atoms with van der Waals surface area (Å²) in [5.74, 6) is -0.738. The van der Waals surface area contributed by atoms with Gasteiger partial charge in [-0.25, -0.2) is 4.39 Å². The van der Waals surface area contributed by atoms with Gasteiger partial charge >= 0.3 is 6.18 Å². The number of pyridine rings is 1. The zero-order valence-electron chi connectivity index (χ0n) is 15.9. The predicted octanol–water partition coefficient (Wildman–Crippen LogP) is 3.42. The average Bonchev–Trinajstić information content (AvgIpc) is 3.16. The van der Waals surface area contributed by atoms with E-state index in [9.17, 15) is 22.4 Å². The van der Waals surface area contributed by atoms with Crippen molar-refractivity contribution in [2.24, 2.45) is 5.92 Å². The third-order valence-electron chi connectivity index (χ3n) is 5.20. The van der Waals surface area contributed by atoms with Crippen LogP contribution in [0.5, 0.6) is 0 Å². The SMILES string of the molecule is O=C(NCc1ccccc1F)[C@@H]1CCCN(c2nnc3ccc(C(F)(F)F)cn23)C1. The maximum absolute atomic E-state index is 13.7. The summed E-state index contributed by atoms with van der Waals surface area (Å²) < 4.78 is 54.2. The summed E-state index contributed by atoms with van der Waals surface area (Å²) in [5, 5.41) is 10.7. The first-order valence-corrected chi connectivity index (χ1v) is 9.51. The fraction of sp³-hybridized carbons (Fsp3) is 0.350. The molecule has 1 aromatic carbocycles. The van der Waals surface area contributed by atoms with Crippen LogP contribution in [0.25, 0.3) is 5.65 Å². The van der Waals surface area contributed by atoms with Crippen LogP contribution in [-0.2, 0) is 17.5 Å². The van der Waals surface area contributed by atoms with Crippen LogP contribution < -0.4 is 10.2 Å².